The third-order valence-electron chi connectivity index (χ3n) is 3.26. The Morgan fingerprint density at radius 3 is 2.57 bits per heavy atom. The van der Waals surface area contributed by atoms with Crippen LogP contribution in [0.25, 0.3) is 0 Å². The van der Waals surface area contributed by atoms with Gasteiger partial charge in [-0.2, -0.15) is 0 Å². The minimum atomic E-state index is -0.0625. The van der Waals surface area contributed by atoms with Gasteiger partial charge in [-0.1, -0.05) is 0 Å². The van der Waals surface area contributed by atoms with Crippen LogP contribution in [0.15, 0.2) is 0 Å². The van der Waals surface area contributed by atoms with Crippen molar-refractivity contribution in [3.05, 3.63) is 0 Å². The van der Waals surface area contributed by atoms with Crippen LogP contribution in [0.1, 0.15) is 19.3 Å². The van der Waals surface area contributed by atoms with Gasteiger partial charge in [0.05, 0.1) is 6.61 Å². The summed E-state index contributed by atoms with van der Waals surface area (Å²) in [4.78, 5) is 13.5. The maximum absolute atomic E-state index is 11.3. The van der Waals surface area contributed by atoms with Gasteiger partial charge >= 0.3 is 5.97 Å². The summed E-state index contributed by atoms with van der Waals surface area (Å²) in [6.07, 6.45) is 2.84. The van der Waals surface area contributed by atoms with Gasteiger partial charge in [0, 0.05) is 13.0 Å². The zero-order valence-corrected chi connectivity index (χ0v) is 8.32. The monoisotopic (exact) mass is 199 g/mol. The highest BCUT2D eigenvalue weighted by atomic mass is 16.5. The first-order chi connectivity index (χ1) is 6.81. The van der Waals surface area contributed by atoms with E-state index < -0.39 is 0 Å². The van der Waals surface area contributed by atoms with Crippen molar-refractivity contribution < 1.29 is 14.6 Å². The lowest BCUT2D eigenvalue weighted by atomic mass is 9.96. The second-order valence-electron chi connectivity index (χ2n) is 4.13. The first kappa shape index (κ1) is 9.93. The third kappa shape index (κ3) is 1.91. The summed E-state index contributed by atoms with van der Waals surface area (Å²) in [5.74, 6) is 0.371. The molecule has 1 N–H and O–H groups in total. The topological polar surface area (TPSA) is 49.8 Å². The van der Waals surface area contributed by atoms with E-state index >= 15 is 0 Å². The predicted octanol–water partition coefficient (Wildman–Crippen LogP) is 0.00620. The second kappa shape index (κ2) is 4.28. The quantitative estimate of drug-likeness (QED) is 0.636. The van der Waals surface area contributed by atoms with Crippen LogP contribution in [-0.2, 0) is 9.53 Å². The molecule has 2 saturated heterocycles. The maximum atomic E-state index is 11.3. The van der Waals surface area contributed by atoms with Crippen LogP contribution in [0.5, 0.6) is 0 Å². The minimum absolute atomic E-state index is 0.00496. The zero-order valence-electron chi connectivity index (χ0n) is 8.32. The highest BCUT2D eigenvalue weighted by molar-refractivity contribution is 5.77. The van der Waals surface area contributed by atoms with E-state index in [9.17, 15) is 4.79 Å². The Morgan fingerprint density at radius 1 is 1.36 bits per heavy atom. The summed E-state index contributed by atoms with van der Waals surface area (Å²) < 4.78 is 4.94. The summed E-state index contributed by atoms with van der Waals surface area (Å²) in [7, 11) is 0. The van der Waals surface area contributed by atoms with Gasteiger partial charge in [-0.05, 0) is 31.8 Å². The van der Waals surface area contributed by atoms with Crippen LogP contribution < -0.4 is 0 Å². The SMILES string of the molecule is O=C1OCCC1N1CCC(CO)CC1. The summed E-state index contributed by atoms with van der Waals surface area (Å²) in [5, 5.41) is 8.98. The Kier molecular flexibility index (Phi) is 3.03. The van der Waals surface area contributed by atoms with Crippen molar-refractivity contribution in [2.75, 3.05) is 26.3 Å². The number of likely N-dealkylation sites (tertiary alicyclic amines) is 1. The molecule has 2 rings (SSSR count). The number of cyclic esters (lactones) is 1. The van der Waals surface area contributed by atoms with Crippen molar-refractivity contribution in [1.29, 1.82) is 0 Å². The molecule has 80 valence electrons. The van der Waals surface area contributed by atoms with Crippen LogP contribution >= 0.6 is 0 Å². The third-order valence-corrected chi connectivity index (χ3v) is 3.26. The summed E-state index contributed by atoms with van der Waals surface area (Å²) in [6.45, 7) is 2.70. The van der Waals surface area contributed by atoms with E-state index in [0.29, 0.717) is 12.5 Å². The minimum Gasteiger partial charge on any atom is -0.464 e. The van der Waals surface area contributed by atoms with Crippen LogP contribution in [-0.4, -0.2) is 48.3 Å². The average molecular weight is 199 g/mol. The molecule has 4 nitrogen and oxygen atoms in total. The van der Waals surface area contributed by atoms with Crippen LogP contribution in [0.4, 0.5) is 0 Å². The summed E-state index contributed by atoms with van der Waals surface area (Å²) in [6, 6.07) is -0.00496. The lowest BCUT2D eigenvalue weighted by Gasteiger charge is -2.33. The number of piperidine rings is 1. The molecular formula is C10H17NO3. The molecule has 1 unspecified atom stereocenters. The molecule has 0 aromatic carbocycles. The van der Waals surface area contributed by atoms with Crippen LogP contribution in [0, 0.1) is 5.92 Å². The van der Waals surface area contributed by atoms with Crippen molar-refractivity contribution in [1.82, 2.24) is 4.90 Å². The van der Waals surface area contributed by atoms with E-state index in [4.69, 9.17) is 9.84 Å². The van der Waals surface area contributed by atoms with Crippen molar-refractivity contribution >= 4 is 5.97 Å². The largest absolute Gasteiger partial charge is 0.464 e. The number of nitrogens with zero attached hydrogens (tertiary/aromatic N) is 1. The van der Waals surface area contributed by atoms with Crippen molar-refractivity contribution in [3.63, 3.8) is 0 Å². The van der Waals surface area contributed by atoms with Gasteiger partial charge in [0.2, 0.25) is 0 Å². The number of carbonyl (C=O) groups excluding carboxylic acids is 1. The molecular weight excluding hydrogens is 182 g/mol. The number of esters is 1. The molecule has 0 spiro atoms. The molecule has 0 radical (unpaired) electrons. The standard InChI is InChI=1S/C10H17NO3/c12-7-8-1-4-11(5-2-8)9-3-6-14-10(9)13/h8-9,12H,1-7H2. The number of rotatable bonds is 2. The average Bonchev–Trinajstić information content (AvgIpc) is 2.65. The molecule has 4 heteroatoms. The Labute approximate surface area is 83.8 Å². The van der Waals surface area contributed by atoms with Crippen molar-refractivity contribution in [2.45, 2.75) is 25.3 Å². The molecule has 2 aliphatic rings. The highest BCUT2D eigenvalue weighted by Crippen LogP contribution is 2.22. The van der Waals surface area contributed by atoms with E-state index in [1.165, 1.54) is 0 Å². The summed E-state index contributed by atoms with van der Waals surface area (Å²) >= 11 is 0. The van der Waals surface area contributed by atoms with Crippen molar-refractivity contribution in [3.8, 4) is 0 Å². The number of aliphatic hydroxyl groups excluding tert-OH is 1. The molecule has 0 bridgehead atoms. The number of aliphatic hydroxyl groups is 1. The maximum Gasteiger partial charge on any atom is 0.323 e. The van der Waals surface area contributed by atoms with Gasteiger partial charge in [0.15, 0.2) is 0 Å². The predicted molar refractivity (Wildman–Crippen MR) is 50.7 cm³/mol. The lowest BCUT2D eigenvalue weighted by molar-refractivity contribution is -0.142. The molecule has 2 fully saturated rings. The van der Waals surface area contributed by atoms with E-state index in [1.807, 2.05) is 0 Å². The number of carbonyl (C=O) groups is 1. The van der Waals surface area contributed by atoms with Crippen LogP contribution in [0.3, 0.4) is 0 Å². The van der Waals surface area contributed by atoms with Crippen molar-refractivity contribution in [2.24, 2.45) is 5.92 Å². The van der Waals surface area contributed by atoms with Gasteiger partial charge in [0.1, 0.15) is 6.04 Å². The number of hydrogen-bond donors (Lipinski definition) is 1. The van der Waals surface area contributed by atoms with Crippen LogP contribution in [0.2, 0.25) is 0 Å². The second-order valence-corrected chi connectivity index (χ2v) is 4.13. The fourth-order valence-corrected chi connectivity index (χ4v) is 2.26. The lowest BCUT2D eigenvalue weighted by Crippen LogP contribution is -2.44. The molecule has 0 aliphatic carbocycles. The van der Waals surface area contributed by atoms with Gasteiger partial charge in [-0.3, -0.25) is 9.69 Å². The van der Waals surface area contributed by atoms with E-state index in [-0.39, 0.29) is 18.6 Å². The zero-order chi connectivity index (χ0) is 9.97. The Morgan fingerprint density at radius 2 is 2.07 bits per heavy atom. The molecule has 2 aliphatic heterocycles. The fourth-order valence-electron chi connectivity index (χ4n) is 2.26. The first-order valence-electron chi connectivity index (χ1n) is 5.33. The van der Waals surface area contributed by atoms with Gasteiger partial charge in [0.25, 0.3) is 0 Å². The molecule has 2 heterocycles. The molecule has 0 amide bonds. The number of ether oxygens (including phenoxy) is 1. The normalized spacial score (nSPS) is 30.6. The Hall–Kier alpha value is -0.610. The van der Waals surface area contributed by atoms with Gasteiger partial charge < -0.3 is 9.84 Å². The molecule has 0 aromatic heterocycles. The molecule has 0 aromatic rings. The Balaban J connectivity index is 1.85. The molecule has 0 saturated carbocycles. The summed E-state index contributed by atoms with van der Waals surface area (Å²) in [5.41, 5.74) is 0. The van der Waals surface area contributed by atoms with E-state index in [1.54, 1.807) is 0 Å². The molecule has 14 heavy (non-hydrogen) atoms. The first-order valence-corrected chi connectivity index (χ1v) is 5.33. The van der Waals surface area contributed by atoms with E-state index in [2.05, 4.69) is 4.90 Å². The highest BCUT2D eigenvalue weighted by Gasteiger charge is 2.34. The fraction of sp³-hybridized carbons (Fsp3) is 0.900. The van der Waals surface area contributed by atoms with Gasteiger partial charge in [-0.15, -0.1) is 0 Å². The van der Waals surface area contributed by atoms with E-state index in [0.717, 1.165) is 32.4 Å². The smallest absolute Gasteiger partial charge is 0.323 e. The Bertz CT molecular complexity index is 211. The van der Waals surface area contributed by atoms with Gasteiger partial charge in [-0.25, -0.2) is 0 Å². The molecule has 1 atom stereocenters. The number of hydrogen-bond acceptors (Lipinski definition) is 4.